The highest BCUT2D eigenvalue weighted by atomic mass is 16.6. The average Bonchev–Trinajstić information content (AvgIpc) is 2.61. The molecule has 0 saturated carbocycles. The van der Waals surface area contributed by atoms with Crippen LogP contribution in [0.25, 0.3) is 6.08 Å². The number of hydrogen-bond donors (Lipinski definition) is 1. The number of aryl methyl sites for hydroxylation is 1. The molecule has 8 nitrogen and oxygen atoms in total. The molecule has 2 rings (SSSR count). The van der Waals surface area contributed by atoms with Crippen LogP contribution in [0.4, 0.5) is 11.4 Å². The molecule has 26 heavy (non-hydrogen) atoms. The maximum absolute atomic E-state index is 12.3. The minimum atomic E-state index is -0.603. The Hall–Kier alpha value is -3.55. The van der Waals surface area contributed by atoms with Gasteiger partial charge in [-0.15, -0.1) is 0 Å². The van der Waals surface area contributed by atoms with Crippen LogP contribution in [0.3, 0.4) is 0 Å². The molecule has 1 heterocycles. The third-order valence-electron chi connectivity index (χ3n) is 3.39. The standard InChI is InChI=1S/C18H17N3O5/c1-3-26-17(22)9-6-13-4-7-14(8-5-13)20-18(23)16-10-15(21(24)25)11-19-12(16)2/h4-11H,3H2,1-2H3,(H,20,23)/b9-6+. The van der Waals surface area contributed by atoms with E-state index in [0.717, 1.165) is 11.8 Å². The van der Waals surface area contributed by atoms with E-state index in [1.807, 2.05) is 0 Å². The second-order valence-electron chi connectivity index (χ2n) is 5.25. The SMILES string of the molecule is CCOC(=O)/C=C/c1ccc(NC(=O)c2cc([N+](=O)[O-])cnc2C)cc1. The number of carbonyl (C=O) groups is 2. The van der Waals surface area contributed by atoms with Crippen LogP contribution in [0.2, 0.25) is 0 Å². The van der Waals surface area contributed by atoms with E-state index in [1.165, 1.54) is 12.1 Å². The maximum atomic E-state index is 12.3. The van der Waals surface area contributed by atoms with Gasteiger partial charge < -0.3 is 10.1 Å². The molecule has 0 aliphatic carbocycles. The number of nitro groups is 1. The van der Waals surface area contributed by atoms with Crippen molar-refractivity contribution in [1.82, 2.24) is 4.98 Å². The number of ether oxygens (including phenoxy) is 1. The van der Waals surface area contributed by atoms with Crippen molar-refractivity contribution >= 4 is 29.3 Å². The summed E-state index contributed by atoms with van der Waals surface area (Å²) in [6, 6.07) is 7.92. The first kappa shape index (κ1) is 18.8. The highest BCUT2D eigenvalue weighted by Crippen LogP contribution is 2.17. The normalized spacial score (nSPS) is 10.5. The number of nitrogens with zero attached hydrogens (tertiary/aromatic N) is 2. The number of amides is 1. The van der Waals surface area contributed by atoms with Gasteiger partial charge in [-0.05, 0) is 37.6 Å². The zero-order chi connectivity index (χ0) is 19.1. The van der Waals surface area contributed by atoms with Gasteiger partial charge in [-0.3, -0.25) is 19.9 Å². The number of hydrogen-bond acceptors (Lipinski definition) is 6. The van der Waals surface area contributed by atoms with Crippen LogP contribution >= 0.6 is 0 Å². The number of benzene rings is 1. The topological polar surface area (TPSA) is 111 Å². The fraction of sp³-hybridized carbons (Fsp3) is 0.167. The molecule has 0 saturated heterocycles. The van der Waals surface area contributed by atoms with Crippen LogP contribution in [0.15, 0.2) is 42.6 Å². The van der Waals surface area contributed by atoms with Gasteiger partial charge in [0.1, 0.15) is 6.20 Å². The first-order chi connectivity index (χ1) is 12.4. The second kappa shape index (κ2) is 8.52. The number of pyridine rings is 1. The predicted molar refractivity (Wildman–Crippen MR) is 95.7 cm³/mol. The average molecular weight is 355 g/mol. The highest BCUT2D eigenvalue weighted by Gasteiger charge is 2.16. The molecule has 1 aromatic heterocycles. The molecule has 2 aromatic rings. The van der Waals surface area contributed by atoms with E-state index in [4.69, 9.17) is 4.74 Å². The Morgan fingerprint density at radius 3 is 2.62 bits per heavy atom. The molecular weight excluding hydrogens is 338 g/mol. The smallest absolute Gasteiger partial charge is 0.330 e. The van der Waals surface area contributed by atoms with Crippen LogP contribution in [0.1, 0.15) is 28.5 Å². The summed E-state index contributed by atoms with van der Waals surface area (Å²) in [5.74, 6) is -0.924. The minimum Gasteiger partial charge on any atom is -0.463 e. The zero-order valence-electron chi connectivity index (χ0n) is 14.3. The number of carbonyl (C=O) groups excluding carboxylic acids is 2. The van der Waals surface area contributed by atoms with Crippen LogP contribution in [-0.4, -0.2) is 28.4 Å². The van der Waals surface area contributed by atoms with Crippen molar-refractivity contribution < 1.29 is 19.2 Å². The Labute approximate surface area is 149 Å². The van der Waals surface area contributed by atoms with E-state index in [1.54, 1.807) is 44.2 Å². The van der Waals surface area contributed by atoms with E-state index in [2.05, 4.69) is 10.3 Å². The lowest BCUT2D eigenvalue weighted by Crippen LogP contribution is -2.14. The van der Waals surface area contributed by atoms with Gasteiger partial charge >= 0.3 is 5.97 Å². The van der Waals surface area contributed by atoms with E-state index >= 15 is 0 Å². The van der Waals surface area contributed by atoms with Gasteiger partial charge in [-0.1, -0.05) is 12.1 Å². The molecular formula is C18H17N3O5. The van der Waals surface area contributed by atoms with Gasteiger partial charge in [0, 0.05) is 17.8 Å². The van der Waals surface area contributed by atoms with Crippen LogP contribution in [0, 0.1) is 17.0 Å². The molecule has 134 valence electrons. The highest BCUT2D eigenvalue weighted by molar-refractivity contribution is 6.05. The molecule has 1 amide bonds. The van der Waals surface area contributed by atoms with Crippen LogP contribution in [-0.2, 0) is 9.53 Å². The van der Waals surface area contributed by atoms with E-state index in [-0.39, 0.29) is 11.3 Å². The first-order valence-corrected chi connectivity index (χ1v) is 7.78. The van der Waals surface area contributed by atoms with E-state index in [9.17, 15) is 19.7 Å². The monoisotopic (exact) mass is 355 g/mol. The summed E-state index contributed by atoms with van der Waals surface area (Å²) in [5.41, 5.74) is 1.53. The molecule has 0 unspecified atom stereocenters. The molecule has 0 atom stereocenters. The van der Waals surface area contributed by atoms with Gasteiger partial charge in [0.2, 0.25) is 0 Å². The minimum absolute atomic E-state index is 0.130. The molecule has 0 aliphatic heterocycles. The summed E-state index contributed by atoms with van der Waals surface area (Å²) in [4.78, 5) is 37.7. The summed E-state index contributed by atoms with van der Waals surface area (Å²) < 4.78 is 4.79. The second-order valence-corrected chi connectivity index (χ2v) is 5.25. The molecule has 0 radical (unpaired) electrons. The lowest BCUT2D eigenvalue weighted by atomic mass is 10.1. The Balaban J connectivity index is 2.09. The summed E-state index contributed by atoms with van der Waals surface area (Å²) in [6.45, 7) is 3.63. The number of aromatic nitrogens is 1. The largest absolute Gasteiger partial charge is 0.463 e. The quantitative estimate of drug-likeness (QED) is 0.369. The zero-order valence-corrected chi connectivity index (χ0v) is 14.3. The van der Waals surface area contributed by atoms with Gasteiger partial charge in [0.15, 0.2) is 0 Å². The number of nitrogens with one attached hydrogen (secondary N) is 1. The third kappa shape index (κ3) is 4.97. The molecule has 0 spiro atoms. The van der Waals surface area contributed by atoms with Crippen molar-refractivity contribution in [2.75, 3.05) is 11.9 Å². The lowest BCUT2D eigenvalue weighted by Gasteiger charge is -2.07. The van der Waals surface area contributed by atoms with Gasteiger partial charge in [0.05, 0.1) is 22.8 Å². The van der Waals surface area contributed by atoms with Crippen molar-refractivity contribution in [3.63, 3.8) is 0 Å². The van der Waals surface area contributed by atoms with E-state index < -0.39 is 16.8 Å². The van der Waals surface area contributed by atoms with Gasteiger partial charge in [0.25, 0.3) is 11.6 Å². The summed E-state index contributed by atoms with van der Waals surface area (Å²) >= 11 is 0. The van der Waals surface area contributed by atoms with Gasteiger partial charge in [-0.2, -0.15) is 0 Å². The molecule has 0 bridgehead atoms. The molecule has 0 fully saturated rings. The number of esters is 1. The van der Waals surface area contributed by atoms with Crippen molar-refractivity contribution in [3.8, 4) is 0 Å². The predicted octanol–water partition coefficient (Wildman–Crippen LogP) is 3.13. The Morgan fingerprint density at radius 1 is 1.31 bits per heavy atom. The third-order valence-corrected chi connectivity index (χ3v) is 3.39. The number of rotatable bonds is 6. The van der Waals surface area contributed by atoms with Crippen LogP contribution in [0.5, 0.6) is 0 Å². The van der Waals surface area contributed by atoms with Crippen molar-refractivity contribution in [2.24, 2.45) is 0 Å². The molecule has 1 aromatic carbocycles. The Kier molecular flexibility index (Phi) is 6.15. The fourth-order valence-electron chi connectivity index (χ4n) is 2.08. The summed E-state index contributed by atoms with van der Waals surface area (Å²) in [6.07, 6.45) is 4.02. The molecule has 0 aliphatic rings. The fourth-order valence-corrected chi connectivity index (χ4v) is 2.08. The lowest BCUT2D eigenvalue weighted by molar-refractivity contribution is -0.385. The van der Waals surface area contributed by atoms with Gasteiger partial charge in [-0.25, -0.2) is 4.79 Å². The number of anilines is 1. The Morgan fingerprint density at radius 2 is 2.00 bits per heavy atom. The van der Waals surface area contributed by atoms with Crippen molar-refractivity contribution in [1.29, 1.82) is 0 Å². The van der Waals surface area contributed by atoms with Crippen molar-refractivity contribution in [3.05, 3.63) is 69.5 Å². The maximum Gasteiger partial charge on any atom is 0.330 e. The van der Waals surface area contributed by atoms with Crippen LogP contribution < -0.4 is 5.32 Å². The molecule has 1 N–H and O–H groups in total. The summed E-state index contributed by atoms with van der Waals surface area (Å²) in [7, 11) is 0. The first-order valence-electron chi connectivity index (χ1n) is 7.78. The summed E-state index contributed by atoms with van der Waals surface area (Å²) in [5, 5.41) is 13.5. The Bertz CT molecular complexity index is 860. The van der Waals surface area contributed by atoms with E-state index in [0.29, 0.717) is 18.0 Å². The molecule has 8 heteroatoms. The van der Waals surface area contributed by atoms with Crippen molar-refractivity contribution in [2.45, 2.75) is 13.8 Å².